The van der Waals surface area contributed by atoms with E-state index >= 15 is 0 Å². The number of hydrogen-bond donors (Lipinski definition) is 1. The summed E-state index contributed by atoms with van der Waals surface area (Å²) >= 11 is 0. The molecule has 0 amide bonds. The average molecular weight is 313 g/mol. The Kier molecular flexibility index (Phi) is 4.74. The Morgan fingerprint density at radius 1 is 1.09 bits per heavy atom. The number of carbonyl (C=O) groups excluding carboxylic acids is 1. The fourth-order valence-corrected chi connectivity index (χ4v) is 4.19. The van der Waals surface area contributed by atoms with Crippen LogP contribution < -0.4 is 4.90 Å². The van der Waals surface area contributed by atoms with Crippen LogP contribution in [0.2, 0.25) is 0 Å². The molecule has 1 aromatic rings. The fraction of sp³-hybridized carbons (Fsp3) is 0.550. The summed E-state index contributed by atoms with van der Waals surface area (Å²) in [6, 6.07) is 8.45. The molecule has 23 heavy (non-hydrogen) atoms. The van der Waals surface area contributed by atoms with Gasteiger partial charge in [0.1, 0.15) is 5.76 Å². The lowest BCUT2D eigenvalue weighted by molar-refractivity contribution is -0.114. The number of rotatable bonds is 3. The van der Waals surface area contributed by atoms with Gasteiger partial charge in [0.2, 0.25) is 0 Å². The number of benzene rings is 1. The molecule has 0 spiro atoms. The lowest BCUT2D eigenvalue weighted by atomic mass is 9.85. The van der Waals surface area contributed by atoms with Gasteiger partial charge >= 0.3 is 0 Å². The zero-order valence-corrected chi connectivity index (χ0v) is 14.2. The second kappa shape index (κ2) is 6.77. The quantitative estimate of drug-likeness (QED) is 0.832. The van der Waals surface area contributed by atoms with Crippen molar-refractivity contribution in [2.75, 3.05) is 11.4 Å². The molecule has 2 aliphatic rings. The van der Waals surface area contributed by atoms with Gasteiger partial charge in [-0.2, -0.15) is 0 Å². The van der Waals surface area contributed by atoms with E-state index in [2.05, 4.69) is 36.1 Å². The molecule has 0 aromatic heterocycles. The van der Waals surface area contributed by atoms with Crippen LogP contribution in [0.15, 0.2) is 35.6 Å². The van der Waals surface area contributed by atoms with Crippen molar-refractivity contribution >= 4 is 11.5 Å². The van der Waals surface area contributed by atoms with Gasteiger partial charge in [0.25, 0.3) is 0 Å². The first-order chi connectivity index (χ1) is 11.1. The molecular formula is C20H27NO2. The molecule has 1 N–H and O–H groups in total. The van der Waals surface area contributed by atoms with E-state index in [0.29, 0.717) is 18.0 Å². The number of carbonyl (C=O) groups is 1. The van der Waals surface area contributed by atoms with Crippen LogP contribution in [0, 0.1) is 12.8 Å². The van der Waals surface area contributed by atoms with Crippen LogP contribution in [0.5, 0.6) is 0 Å². The van der Waals surface area contributed by atoms with Gasteiger partial charge in [-0.25, -0.2) is 0 Å². The van der Waals surface area contributed by atoms with Crippen molar-refractivity contribution in [2.45, 2.75) is 58.4 Å². The van der Waals surface area contributed by atoms with Crippen molar-refractivity contribution in [1.29, 1.82) is 0 Å². The second-order valence-corrected chi connectivity index (χ2v) is 7.08. The van der Waals surface area contributed by atoms with Crippen LogP contribution in [0.3, 0.4) is 0 Å². The number of aliphatic hydroxyl groups excluding tert-OH is 1. The highest BCUT2D eigenvalue weighted by molar-refractivity contribution is 5.97. The lowest BCUT2D eigenvalue weighted by Crippen LogP contribution is -2.39. The summed E-state index contributed by atoms with van der Waals surface area (Å²) in [5, 5.41) is 10.4. The minimum absolute atomic E-state index is 0.0198. The Balaban J connectivity index is 1.95. The van der Waals surface area contributed by atoms with E-state index in [1.807, 2.05) is 0 Å². The predicted molar refractivity (Wildman–Crippen MR) is 93.8 cm³/mol. The number of ketones is 1. The molecule has 1 saturated carbocycles. The Hall–Kier alpha value is -1.77. The summed E-state index contributed by atoms with van der Waals surface area (Å²) in [5.74, 6) is 0.751. The number of aryl methyl sites for hydroxylation is 1. The molecule has 0 bridgehead atoms. The fourth-order valence-electron chi connectivity index (χ4n) is 4.19. The van der Waals surface area contributed by atoms with Crippen LogP contribution >= 0.6 is 0 Å². The first kappa shape index (κ1) is 16.1. The van der Waals surface area contributed by atoms with E-state index < -0.39 is 0 Å². The molecule has 1 aliphatic carbocycles. The number of anilines is 1. The Morgan fingerprint density at radius 2 is 1.70 bits per heavy atom. The van der Waals surface area contributed by atoms with Gasteiger partial charge in [0.15, 0.2) is 5.78 Å². The van der Waals surface area contributed by atoms with Crippen molar-refractivity contribution in [1.82, 2.24) is 0 Å². The molecule has 0 radical (unpaired) electrons. The van der Waals surface area contributed by atoms with Crippen LogP contribution in [0.1, 0.15) is 51.0 Å². The van der Waals surface area contributed by atoms with Crippen molar-refractivity contribution in [3.8, 4) is 0 Å². The average Bonchev–Trinajstić information content (AvgIpc) is 2.71. The minimum atomic E-state index is 0.0198. The molecular weight excluding hydrogens is 286 g/mol. The molecule has 1 unspecified atom stereocenters. The zero-order valence-electron chi connectivity index (χ0n) is 14.2. The maximum atomic E-state index is 12.2. The summed E-state index contributed by atoms with van der Waals surface area (Å²) in [4.78, 5) is 14.4. The molecule has 1 aromatic carbocycles. The summed E-state index contributed by atoms with van der Waals surface area (Å²) < 4.78 is 0. The van der Waals surface area contributed by atoms with Gasteiger partial charge in [0, 0.05) is 5.69 Å². The monoisotopic (exact) mass is 313 g/mol. The van der Waals surface area contributed by atoms with Crippen LogP contribution in [0.25, 0.3) is 0 Å². The van der Waals surface area contributed by atoms with Crippen molar-refractivity contribution in [3.05, 3.63) is 41.2 Å². The van der Waals surface area contributed by atoms with Crippen molar-refractivity contribution in [3.63, 3.8) is 0 Å². The predicted octanol–water partition coefficient (Wildman–Crippen LogP) is 4.56. The second-order valence-electron chi connectivity index (χ2n) is 7.08. The van der Waals surface area contributed by atoms with E-state index in [1.165, 1.54) is 31.2 Å². The van der Waals surface area contributed by atoms with Crippen LogP contribution in [0.4, 0.5) is 5.69 Å². The van der Waals surface area contributed by atoms with Gasteiger partial charge in [-0.3, -0.25) is 4.79 Å². The van der Waals surface area contributed by atoms with Gasteiger partial charge in [-0.05, 0) is 44.7 Å². The molecule has 124 valence electrons. The third-order valence-electron chi connectivity index (χ3n) is 5.35. The highest BCUT2D eigenvalue weighted by Gasteiger charge is 2.40. The van der Waals surface area contributed by atoms with Gasteiger partial charge < -0.3 is 10.0 Å². The van der Waals surface area contributed by atoms with Crippen LogP contribution in [-0.2, 0) is 4.79 Å². The third kappa shape index (κ3) is 3.29. The van der Waals surface area contributed by atoms with E-state index in [9.17, 15) is 9.90 Å². The molecule has 0 saturated heterocycles. The van der Waals surface area contributed by atoms with E-state index in [1.54, 1.807) is 6.92 Å². The normalized spacial score (nSPS) is 23.2. The minimum Gasteiger partial charge on any atom is -0.510 e. The molecule has 1 heterocycles. The topological polar surface area (TPSA) is 40.5 Å². The molecule has 3 rings (SSSR count). The number of aliphatic hydroxyl groups is 1. The largest absolute Gasteiger partial charge is 0.510 e. The highest BCUT2D eigenvalue weighted by Crippen LogP contribution is 2.39. The van der Waals surface area contributed by atoms with Gasteiger partial charge in [-0.1, -0.05) is 43.4 Å². The van der Waals surface area contributed by atoms with Crippen molar-refractivity contribution in [2.24, 2.45) is 5.92 Å². The van der Waals surface area contributed by atoms with Gasteiger partial charge in [-0.15, -0.1) is 0 Å². The summed E-state index contributed by atoms with van der Waals surface area (Å²) in [6.07, 6.45) is 7.34. The highest BCUT2D eigenvalue weighted by atomic mass is 16.3. The van der Waals surface area contributed by atoms with E-state index in [4.69, 9.17) is 0 Å². The van der Waals surface area contributed by atoms with Gasteiger partial charge in [0.05, 0.1) is 18.2 Å². The molecule has 1 atom stereocenters. The molecule has 1 fully saturated rings. The molecule has 1 aliphatic heterocycles. The smallest absolute Gasteiger partial charge is 0.161 e. The summed E-state index contributed by atoms with van der Waals surface area (Å²) in [7, 11) is 0. The van der Waals surface area contributed by atoms with E-state index in [-0.39, 0.29) is 17.6 Å². The van der Waals surface area contributed by atoms with E-state index in [0.717, 1.165) is 18.5 Å². The number of Topliss-reactive ketones (excluding diaryl/α,β-unsaturated/α-hetero) is 1. The molecule has 3 heteroatoms. The maximum absolute atomic E-state index is 12.2. The SMILES string of the molecule is CC(=O)C1=C(O)CN(c2ccc(C)cc2)C1C1CCCCCC1. The Morgan fingerprint density at radius 3 is 2.26 bits per heavy atom. The number of nitrogens with zero attached hydrogens (tertiary/aromatic N) is 1. The van der Waals surface area contributed by atoms with Crippen molar-refractivity contribution < 1.29 is 9.90 Å². The maximum Gasteiger partial charge on any atom is 0.161 e. The third-order valence-corrected chi connectivity index (χ3v) is 5.35. The number of hydrogen-bond acceptors (Lipinski definition) is 3. The van der Waals surface area contributed by atoms with Crippen LogP contribution in [-0.4, -0.2) is 23.5 Å². The molecule has 3 nitrogen and oxygen atoms in total. The summed E-state index contributed by atoms with van der Waals surface area (Å²) in [5.41, 5.74) is 2.98. The lowest BCUT2D eigenvalue weighted by Gasteiger charge is -2.34. The first-order valence-corrected chi connectivity index (χ1v) is 8.84. The Labute approximate surface area is 139 Å². The summed E-state index contributed by atoms with van der Waals surface area (Å²) in [6.45, 7) is 4.13. The zero-order chi connectivity index (χ0) is 16.4. The Bertz CT molecular complexity index is 595. The standard InChI is InChI=1S/C20H27NO2/c1-14-9-11-17(12-10-14)21-13-18(23)19(15(2)22)20(21)16-7-5-3-4-6-8-16/h9-12,16,20,23H,3-8,13H2,1-2H3. The first-order valence-electron chi connectivity index (χ1n) is 8.84.